The lowest BCUT2D eigenvalue weighted by Gasteiger charge is -2.30. The maximum absolute atomic E-state index is 12.1. The van der Waals surface area contributed by atoms with E-state index in [-0.39, 0.29) is 12.0 Å². The highest BCUT2D eigenvalue weighted by Gasteiger charge is 2.22. The van der Waals surface area contributed by atoms with Crippen LogP contribution in [0.4, 0.5) is 0 Å². The maximum atomic E-state index is 12.1. The van der Waals surface area contributed by atoms with E-state index in [2.05, 4.69) is 4.98 Å². The third-order valence-electron chi connectivity index (χ3n) is 3.32. The minimum absolute atomic E-state index is 0.149. The lowest BCUT2D eigenvalue weighted by atomic mass is 10.1. The Morgan fingerprint density at radius 3 is 2.84 bits per heavy atom. The molecule has 6 heteroatoms. The molecule has 106 valence electrons. The van der Waals surface area contributed by atoms with Crippen molar-refractivity contribution in [2.45, 2.75) is 32.4 Å². The van der Waals surface area contributed by atoms with Gasteiger partial charge in [-0.15, -0.1) is 11.3 Å². The van der Waals surface area contributed by atoms with Crippen LogP contribution in [0.1, 0.15) is 22.7 Å². The van der Waals surface area contributed by atoms with Crippen molar-refractivity contribution >= 4 is 17.2 Å². The average Bonchev–Trinajstić information content (AvgIpc) is 2.75. The van der Waals surface area contributed by atoms with E-state index in [4.69, 9.17) is 0 Å². The topological polar surface area (TPSA) is 56.7 Å². The summed E-state index contributed by atoms with van der Waals surface area (Å²) in [5, 5.41) is 10.5. The molecule has 1 amide bonds. The van der Waals surface area contributed by atoms with Crippen molar-refractivity contribution in [2.24, 2.45) is 0 Å². The van der Waals surface area contributed by atoms with Crippen LogP contribution in [0.15, 0.2) is 6.20 Å². The fraction of sp³-hybridized carbons (Fsp3) is 0.692. The van der Waals surface area contributed by atoms with Crippen LogP contribution in [0.2, 0.25) is 0 Å². The second-order valence-corrected chi connectivity index (χ2v) is 6.45. The zero-order valence-corrected chi connectivity index (χ0v) is 12.3. The molecule has 0 aliphatic carbocycles. The third-order valence-corrected chi connectivity index (χ3v) is 4.21. The van der Waals surface area contributed by atoms with Crippen molar-refractivity contribution < 1.29 is 9.90 Å². The molecule has 1 aliphatic rings. The van der Waals surface area contributed by atoms with Gasteiger partial charge in [0, 0.05) is 30.7 Å². The lowest BCUT2D eigenvalue weighted by molar-refractivity contribution is -0.134. The van der Waals surface area contributed by atoms with Gasteiger partial charge < -0.3 is 10.0 Å². The van der Waals surface area contributed by atoms with Gasteiger partial charge >= 0.3 is 0 Å². The van der Waals surface area contributed by atoms with Crippen molar-refractivity contribution in [3.63, 3.8) is 0 Å². The normalized spacial score (nSPS) is 17.2. The Morgan fingerprint density at radius 2 is 2.26 bits per heavy atom. The Bertz CT molecular complexity index is 427. The first-order chi connectivity index (χ1) is 9.04. The van der Waals surface area contributed by atoms with E-state index in [0.717, 1.165) is 11.6 Å². The predicted molar refractivity (Wildman–Crippen MR) is 75.0 cm³/mol. The summed E-state index contributed by atoms with van der Waals surface area (Å²) in [6.07, 6.45) is 3.03. The molecule has 1 saturated heterocycles. The number of aryl methyl sites for hydroxylation is 1. The van der Waals surface area contributed by atoms with E-state index in [1.165, 1.54) is 4.88 Å². The number of thiazole rings is 1. The SMILES string of the molecule is Cc1ncc(CN(C)CC(=O)N2CCC(O)CC2)s1. The van der Waals surface area contributed by atoms with E-state index in [0.29, 0.717) is 32.5 Å². The molecule has 0 atom stereocenters. The number of likely N-dealkylation sites (N-methyl/N-ethyl adjacent to an activating group) is 1. The number of aliphatic hydroxyl groups is 1. The van der Waals surface area contributed by atoms with Crippen LogP contribution in [0.25, 0.3) is 0 Å². The Morgan fingerprint density at radius 1 is 1.58 bits per heavy atom. The molecule has 0 unspecified atom stereocenters. The summed E-state index contributed by atoms with van der Waals surface area (Å²) >= 11 is 1.67. The highest BCUT2D eigenvalue weighted by Crippen LogP contribution is 2.14. The second-order valence-electron chi connectivity index (χ2n) is 5.13. The molecular weight excluding hydrogens is 262 g/mol. The van der Waals surface area contributed by atoms with E-state index in [9.17, 15) is 9.90 Å². The van der Waals surface area contributed by atoms with Gasteiger partial charge in [-0.3, -0.25) is 9.69 Å². The van der Waals surface area contributed by atoms with Crippen molar-refractivity contribution in [1.29, 1.82) is 0 Å². The molecule has 0 spiro atoms. The van der Waals surface area contributed by atoms with Crippen molar-refractivity contribution in [3.05, 3.63) is 16.1 Å². The van der Waals surface area contributed by atoms with E-state index < -0.39 is 0 Å². The summed E-state index contributed by atoms with van der Waals surface area (Å²) in [5.74, 6) is 0.149. The van der Waals surface area contributed by atoms with Crippen molar-refractivity contribution in [3.8, 4) is 0 Å². The summed E-state index contributed by atoms with van der Waals surface area (Å²) in [6.45, 7) is 4.51. The van der Waals surface area contributed by atoms with Crippen LogP contribution in [-0.4, -0.2) is 58.6 Å². The fourth-order valence-electron chi connectivity index (χ4n) is 2.25. The van der Waals surface area contributed by atoms with E-state index in [1.807, 2.05) is 30.0 Å². The molecule has 1 aromatic heterocycles. The molecule has 0 bridgehead atoms. The minimum Gasteiger partial charge on any atom is -0.393 e. The molecule has 5 nitrogen and oxygen atoms in total. The van der Waals surface area contributed by atoms with Crippen LogP contribution in [-0.2, 0) is 11.3 Å². The quantitative estimate of drug-likeness (QED) is 0.891. The summed E-state index contributed by atoms with van der Waals surface area (Å²) < 4.78 is 0. The number of carbonyl (C=O) groups is 1. The number of rotatable bonds is 4. The number of amides is 1. The smallest absolute Gasteiger partial charge is 0.236 e. The zero-order chi connectivity index (χ0) is 13.8. The molecular formula is C13H21N3O2S. The largest absolute Gasteiger partial charge is 0.393 e. The van der Waals surface area contributed by atoms with Gasteiger partial charge in [0.2, 0.25) is 5.91 Å². The number of aromatic nitrogens is 1. The van der Waals surface area contributed by atoms with Crippen LogP contribution in [0.5, 0.6) is 0 Å². The van der Waals surface area contributed by atoms with E-state index in [1.54, 1.807) is 11.3 Å². The van der Waals surface area contributed by atoms with Gasteiger partial charge in [-0.1, -0.05) is 0 Å². The molecule has 0 aromatic carbocycles. The molecule has 1 aromatic rings. The molecule has 1 fully saturated rings. The Balaban J connectivity index is 1.78. The first-order valence-electron chi connectivity index (χ1n) is 6.60. The van der Waals surface area contributed by atoms with Gasteiger partial charge in [-0.2, -0.15) is 0 Å². The Kier molecular flexibility index (Phi) is 4.90. The van der Waals surface area contributed by atoms with Crippen LogP contribution < -0.4 is 0 Å². The highest BCUT2D eigenvalue weighted by atomic mass is 32.1. The monoisotopic (exact) mass is 283 g/mol. The minimum atomic E-state index is -0.234. The van der Waals surface area contributed by atoms with Gasteiger partial charge in [-0.25, -0.2) is 4.98 Å². The Labute approximate surface area is 117 Å². The molecule has 19 heavy (non-hydrogen) atoms. The molecule has 2 rings (SSSR count). The van der Waals surface area contributed by atoms with Gasteiger partial charge in [0.25, 0.3) is 0 Å². The molecule has 1 N–H and O–H groups in total. The number of piperidine rings is 1. The van der Waals surface area contributed by atoms with E-state index >= 15 is 0 Å². The van der Waals surface area contributed by atoms with Gasteiger partial charge in [0.05, 0.1) is 17.7 Å². The Hall–Kier alpha value is -0.980. The summed E-state index contributed by atoms with van der Waals surface area (Å²) in [4.78, 5) is 21.4. The first-order valence-corrected chi connectivity index (χ1v) is 7.42. The number of aliphatic hydroxyl groups excluding tert-OH is 1. The number of nitrogens with zero attached hydrogens (tertiary/aromatic N) is 3. The first kappa shape index (κ1) is 14.4. The van der Waals surface area contributed by atoms with Crippen LogP contribution in [0.3, 0.4) is 0 Å². The average molecular weight is 283 g/mol. The lowest BCUT2D eigenvalue weighted by Crippen LogP contribution is -2.44. The number of hydrogen-bond donors (Lipinski definition) is 1. The molecule has 0 saturated carbocycles. The van der Waals surface area contributed by atoms with Gasteiger partial charge in [-0.05, 0) is 26.8 Å². The standard InChI is InChI=1S/C13H21N3O2S/c1-10-14-7-12(19-10)8-15(2)9-13(18)16-5-3-11(17)4-6-16/h7,11,17H,3-6,8-9H2,1-2H3. The predicted octanol–water partition coefficient (Wildman–Crippen LogP) is 0.867. The maximum Gasteiger partial charge on any atom is 0.236 e. The highest BCUT2D eigenvalue weighted by molar-refractivity contribution is 7.11. The number of hydrogen-bond acceptors (Lipinski definition) is 5. The summed E-state index contributed by atoms with van der Waals surface area (Å²) in [5.41, 5.74) is 0. The molecule has 1 aliphatic heterocycles. The van der Waals surface area contributed by atoms with Crippen LogP contribution >= 0.6 is 11.3 Å². The fourth-order valence-corrected chi connectivity index (χ4v) is 3.12. The van der Waals surface area contributed by atoms with Crippen LogP contribution in [0, 0.1) is 6.92 Å². The van der Waals surface area contributed by atoms with Crippen molar-refractivity contribution in [2.75, 3.05) is 26.7 Å². The van der Waals surface area contributed by atoms with Gasteiger partial charge in [0.15, 0.2) is 0 Å². The number of likely N-dealkylation sites (tertiary alicyclic amines) is 1. The second kappa shape index (κ2) is 6.45. The molecule has 0 radical (unpaired) electrons. The summed E-state index contributed by atoms with van der Waals surface area (Å²) in [7, 11) is 1.95. The third kappa shape index (κ3) is 4.26. The zero-order valence-electron chi connectivity index (χ0n) is 11.5. The number of carbonyl (C=O) groups excluding carboxylic acids is 1. The summed E-state index contributed by atoms with van der Waals surface area (Å²) in [6, 6.07) is 0. The van der Waals surface area contributed by atoms with Gasteiger partial charge in [0.1, 0.15) is 0 Å². The van der Waals surface area contributed by atoms with Crippen molar-refractivity contribution in [1.82, 2.24) is 14.8 Å². The molecule has 2 heterocycles.